The van der Waals surface area contributed by atoms with Crippen LogP contribution in [0.1, 0.15) is 5.69 Å². The number of nitriles is 1. The second-order valence-corrected chi connectivity index (χ2v) is 2.75. The van der Waals surface area contributed by atoms with E-state index in [9.17, 15) is 4.39 Å². The van der Waals surface area contributed by atoms with Gasteiger partial charge in [-0.15, -0.1) is 12.4 Å². The van der Waals surface area contributed by atoms with E-state index in [1.54, 1.807) is 6.07 Å². The fraction of sp³-hybridized carbons (Fsp3) is 0.200. The van der Waals surface area contributed by atoms with Gasteiger partial charge in [-0.25, -0.2) is 9.37 Å². The lowest BCUT2D eigenvalue weighted by molar-refractivity contribution is 0.346. The zero-order chi connectivity index (χ0) is 11.1. The number of hydrogen-bond acceptors (Lipinski definition) is 4. The molecule has 0 atom stereocenters. The van der Waals surface area contributed by atoms with Gasteiger partial charge in [0, 0.05) is 12.1 Å². The van der Waals surface area contributed by atoms with Crippen molar-refractivity contribution in [3.63, 3.8) is 0 Å². The van der Waals surface area contributed by atoms with Crippen molar-refractivity contribution >= 4 is 12.4 Å². The third-order valence-electron chi connectivity index (χ3n) is 1.69. The number of rotatable bonds is 4. The minimum atomic E-state index is 0. The Balaban J connectivity index is 0.00000225. The highest BCUT2D eigenvalue weighted by atomic mass is 35.5. The molecule has 0 unspecified atom stereocenters. The standard InChI is InChI=1S/C10H10FN3O.ClH/c11-3-8(4-12)7-15-10-2-1-9(5-13)14-6-10;/h1-3,6H,4,7,12H2;1H/b8-3-;. The van der Waals surface area contributed by atoms with E-state index in [0.717, 1.165) is 0 Å². The summed E-state index contributed by atoms with van der Waals surface area (Å²) in [5.41, 5.74) is 5.91. The summed E-state index contributed by atoms with van der Waals surface area (Å²) >= 11 is 0. The summed E-state index contributed by atoms with van der Waals surface area (Å²) in [6.45, 7) is 0.195. The van der Waals surface area contributed by atoms with Crippen LogP contribution in [0.25, 0.3) is 0 Å². The number of hydrogen-bond donors (Lipinski definition) is 1. The Morgan fingerprint density at radius 1 is 1.62 bits per heavy atom. The predicted octanol–water partition coefficient (Wildman–Crippen LogP) is 1.57. The van der Waals surface area contributed by atoms with Crippen LogP contribution in [0.5, 0.6) is 5.75 Å². The van der Waals surface area contributed by atoms with E-state index in [2.05, 4.69) is 4.98 Å². The van der Waals surface area contributed by atoms with Gasteiger partial charge in [-0.1, -0.05) is 0 Å². The van der Waals surface area contributed by atoms with Gasteiger partial charge >= 0.3 is 0 Å². The molecule has 0 spiro atoms. The Kier molecular flexibility index (Phi) is 6.84. The lowest BCUT2D eigenvalue weighted by Gasteiger charge is -2.06. The van der Waals surface area contributed by atoms with Gasteiger partial charge < -0.3 is 10.5 Å². The van der Waals surface area contributed by atoms with Crippen LogP contribution in [0.15, 0.2) is 30.2 Å². The van der Waals surface area contributed by atoms with E-state index >= 15 is 0 Å². The van der Waals surface area contributed by atoms with Crippen LogP contribution < -0.4 is 10.5 Å². The Hall–Kier alpha value is -1.64. The lowest BCUT2D eigenvalue weighted by atomic mass is 10.3. The molecular formula is C10H11ClFN3O. The number of pyridine rings is 1. The Labute approximate surface area is 99.0 Å². The molecule has 0 fully saturated rings. The van der Waals surface area contributed by atoms with Crippen molar-refractivity contribution in [2.45, 2.75) is 0 Å². The molecule has 0 aliphatic carbocycles. The second kappa shape index (κ2) is 7.63. The van der Waals surface area contributed by atoms with Crippen molar-refractivity contribution in [1.82, 2.24) is 4.98 Å². The van der Waals surface area contributed by atoms with Crippen LogP contribution in [0, 0.1) is 11.3 Å². The molecule has 4 nitrogen and oxygen atoms in total. The molecule has 86 valence electrons. The van der Waals surface area contributed by atoms with E-state index in [4.69, 9.17) is 15.7 Å². The molecule has 0 aliphatic rings. The van der Waals surface area contributed by atoms with Gasteiger partial charge in [0.05, 0.1) is 12.5 Å². The van der Waals surface area contributed by atoms with Crippen LogP contribution in [-0.4, -0.2) is 18.1 Å². The number of nitrogens with two attached hydrogens (primary N) is 1. The largest absolute Gasteiger partial charge is 0.487 e. The summed E-state index contributed by atoms with van der Waals surface area (Å²) < 4.78 is 17.3. The minimum absolute atomic E-state index is 0. The van der Waals surface area contributed by atoms with Crippen LogP contribution in [0.3, 0.4) is 0 Å². The van der Waals surface area contributed by atoms with Crippen LogP contribution in [0.4, 0.5) is 4.39 Å². The first kappa shape index (κ1) is 14.4. The fourth-order valence-corrected chi connectivity index (χ4v) is 0.843. The molecule has 6 heteroatoms. The molecule has 0 aliphatic heterocycles. The average molecular weight is 244 g/mol. The van der Waals surface area contributed by atoms with Gasteiger partial charge in [0.25, 0.3) is 0 Å². The monoisotopic (exact) mass is 243 g/mol. The minimum Gasteiger partial charge on any atom is -0.487 e. The van der Waals surface area contributed by atoms with Gasteiger partial charge in [-0.05, 0) is 12.1 Å². The second-order valence-electron chi connectivity index (χ2n) is 2.75. The number of aromatic nitrogens is 1. The summed E-state index contributed by atoms with van der Waals surface area (Å²) in [4.78, 5) is 3.80. The van der Waals surface area contributed by atoms with Gasteiger partial charge in [0.1, 0.15) is 24.1 Å². The quantitative estimate of drug-likeness (QED) is 0.871. The zero-order valence-electron chi connectivity index (χ0n) is 8.39. The predicted molar refractivity (Wildman–Crippen MR) is 59.9 cm³/mol. The SMILES string of the molecule is Cl.N#Cc1ccc(OC/C(=C\F)CN)cn1. The molecule has 0 aromatic carbocycles. The van der Waals surface area contributed by atoms with E-state index in [1.165, 1.54) is 12.3 Å². The van der Waals surface area contributed by atoms with Gasteiger partial charge in [-0.3, -0.25) is 0 Å². The molecule has 1 heterocycles. The van der Waals surface area contributed by atoms with Crippen molar-refractivity contribution in [3.05, 3.63) is 35.9 Å². The maximum absolute atomic E-state index is 12.1. The molecule has 0 saturated heterocycles. The van der Waals surface area contributed by atoms with Gasteiger partial charge in [-0.2, -0.15) is 5.26 Å². The number of nitrogens with zero attached hydrogens (tertiary/aromatic N) is 2. The van der Waals surface area contributed by atoms with Gasteiger partial charge in [0.15, 0.2) is 0 Å². The van der Waals surface area contributed by atoms with Crippen molar-refractivity contribution in [2.24, 2.45) is 5.73 Å². The van der Waals surface area contributed by atoms with Crippen molar-refractivity contribution in [3.8, 4) is 11.8 Å². The summed E-state index contributed by atoms with van der Waals surface area (Å²) in [5, 5.41) is 8.49. The first-order chi connectivity index (χ1) is 7.30. The first-order valence-corrected chi connectivity index (χ1v) is 4.27. The molecule has 0 amide bonds. The summed E-state index contributed by atoms with van der Waals surface area (Å²) in [7, 11) is 0. The normalized spacial score (nSPS) is 10.2. The molecule has 2 N–H and O–H groups in total. The van der Waals surface area contributed by atoms with Crippen molar-refractivity contribution in [1.29, 1.82) is 5.26 Å². The van der Waals surface area contributed by atoms with Crippen LogP contribution in [0.2, 0.25) is 0 Å². The summed E-state index contributed by atoms with van der Waals surface area (Å²) in [5.74, 6) is 0.474. The van der Waals surface area contributed by atoms with Crippen molar-refractivity contribution < 1.29 is 9.13 Å². The Morgan fingerprint density at radius 3 is 2.81 bits per heavy atom. The topological polar surface area (TPSA) is 71.9 Å². The summed E-state index contributed by atoms with van der Waals surface area (Å²) in [6.07, 6.45) is 1.84. The molecule has 0 saturated carbocycles. The number of ether oxygens (including phenoxy) is 1. The number of halogens is 2. The Bertz CT molecular complexity index is 386. The smallest absolute Gasteiger partial charge is 0.140 e. The van der Waals surface area contributed by atoms with E-state index in [0.29, 0.717) is 23.3 Å². The third-order valence-corrected chi connectivity index (χ3v) is 1.69. The zero-order valence-corrected chi connectivity index (χ0v) is 9.21. The highest BCUT2D eigenvalue weighted by molar-refractivity contribution is 5.85. The molecule has 16 heavy (non-hydrogen) atoms. The lowest BCUT2D eigenvalue weighted by Crippen LogP contribution is -2.10. The first-order valence-electron chi connectivity index (χ1n) is 4.27. The van der Waals surface area contributed by atoms with Crippen LogP contribution >= 0.6 is 12.4 Å². The van der Waals surface area contributed by atoms with Crippen molar-refractivity contribution in [2.75, 3.05) is 13.2 Å². The summed E-state index contributed by atoms with van der Waals surface area (Å²) in [6, 6.07) is 5.00. The van der Waals surface area contributed by atoms with E-state index in [1.807, 2.05) is 6.07 Å². The van der Waals surface area contributed by atoms with Gasteiger partial charge in [0.2, 0.25) is 0 Å². The molecule has 1 rings (SSSR count). The molecule has 1 aromatic heterocycles. The highest BCUT2D eigenvalue weighted by Crippen LogP contribution is 2.09. The Morgan fingerprint density at radius 2 is 2.38 bits per heavy atom. The van der Waals surface area contributed by atoms with E-state index in [-0.39, 0.29) is 25.6 Å². The average Bonchev–Trinajstić information content (AvgIpc) is 2.31. The van der Waals surface area contributed by atoms with E-state index < -0.39 is 0 Å². The molecular weight excluding hydrogens is 233 g/mol. The molecule has 0 radical (unpaired) electrons. The maximum Gasteiger partial charge on any atom is 0.140 e. The highest BCUT2D eigenvalue weighted by Gasteiger charge is 1.98. The maximum atomic E-state index is 12.1. The third kappa shape index (κ3) is 4.26. The fourth-order valence-electron chi connectivity index (χ4n) is 0.843. The molecule has 0 bridgehead atoms. The van der Waals surface area contributed by atoms with Crippen LogP contribution in [-0.2, 0) is 0 Å². The molecule has 1 aromatic rings.